The summed E-state index contributed by atoms with van der Waals surface area (Å²) in [6, 6.07) is 65.6. The highest BCUT2D eigenvalue weighted by atomic mass is 32.3. The highest BCUT2D eigenvalue weighted by Crippen LogP contribution is 2.47. The summed E-state index contributed by atoms with van der Waals surface area (Å²) in [7, 11) is -38.9. The van der Waals surface area contributed by atoms with Crippen molar-refractivity contribution in [2.24, 2.45) is 0 Å². The van der Waals surface area contributed by atoms with Crippen molar-refractivity contribution in [3.63, 3.8) is 0 Å². The first kappa shape index (κ1) is 121. The van der Waals surface area contributed by atoms with Gasteiger partial charge in [0.05, 0.1) is 37.6 Å². The second-order valence-corrected chi connectivity index (χ2v) is 50.9. The molecule has 0 atom stereocenters. The fraction of sp³-hybridized carbons (Fsp3) is 0.294. The Morgan fingerprint density at radius 3 is 0.556 bits per heavy atom. The fourth-order valence-corrected chi connectivity index (χ4v) is 25.9. The van der Waals surface area contributed by atoms with Gasteiger partial charge in [0.2, 0.25) is 0 Å². The lowest BCUT2D eigenvalue weighted by Crippen LogP contribution is -2.42. The van der Waals surface area contributed by atoms with Crippen molar-refractivity contribution in [1.82, 2.24) is 0 Å². The molecule has 0 amide bonds. The first-order valence-corrected chi connectivity index (χ1v) is 56.1. The molecule has 0 saturated carbocycles. The monoisotopic (exact) mass is 2190 g/mol. The van der Waals surface area contributed by atoms with Gasteiger partial charge in [-0.1, -0.05) is 161 Å². The number of hydrogen-bond acceptors (Lipinski definition) is 15. The van der Waals surface area contributed by atoms with Crippen LogP contribution in [0.15, 0.2) is 304 Å². The molecule has 0 unspecified atom stereocenters. The average Bonchev–Trinajstić information content (AvgIpc) is 0.792. The van der Waals surface area contributed by atoms with Crippen molar-refractivity contribution in [3.8, 4) is 11.5 Å². The second kappa shape index (κ2) is 50.0. The van der Waals surface area contributed by atoms with Gasteiger partial charge in [0.25, 0.3) is 0 Å². The van der Waals surface area contributed by atoms with Crippen LogP contribution >= 0.6 is 0 Å². The lowest BCUT2D eigenvalue weighted by Gasteiger charge is -2.28. The Kier molecular flexibility index (Phi) is 41.9. The average molecular weight is 2190 g/mol. The van der Waals surface area contributed by atoms with Crippen molar-refractivity contribution in [3.05, 3.63) is 361 Å². The third-order valence-electron chi connectivity index (χ3n) is 21.0. The van der Waals surface area contributed by atoms with Crippen molar-refractivity contribution in [2.45, 2.75) is 242 Å². The van der Waals surface area contributed by atoms with E-state index in [2.05, 4.69) is 22.2 Å². The van der Waals surface area contributed by atoms with Gasteiger partial charge >= 0.3 is 45.0 Å². The molecule has 12 rings (SSSR count). The molecule has 42 heteroatoms. The summed E-state index contributed by atoms with van der Waals surface area (Å²) in [6.07, 6.45) is 0. The molecule has 1 N–H and O–H groups in total. The molecule has 12 aromatic carbocycles. The van der Waals surface area contributed by atoms with Gasteiger partial charge in [-0.25, -0.2) is 64.8 Å². The largest absolute Gasteiger partial charge is 0.744 e. The van der Waals surface area contributed by atoms with Crippen LogP contribution in [0.5, 0.6) is 11.5 Å². The van der Waals surface area contributed by atoms with Gasteiger partial charge in [0.15, 0.2) is 64.1 Å². The SMILES string of the molecule is CC(C)c1cc(C(C)C)c(OS(=O)(=O)C(F)(F)S(=O)(=O)O)c(C(C)C)c1.CC(C)c1cc(C(C)C)c(OS(=O)(=O)C(F)(F)S(=O)(=O)[N-]S(=O)(=O)C(F)(F)F)c(C(C)C)c1.CC(C)c1cc(C(C)C)c(S(=O)(=O)[O-])c(C(C)C)c1.Fc1ccc([S+](c2ccc(F)cc2)c2ccc(F)cc2)cc1.Fc1ccc([S+](c2ccc(F)cc2)c2ccc(F)cc2)cc1.Fc1ccc([S+](c2ccc(F)cc2)c2ccc(F)cc2)cc1. The topological polar surface area (TPSA) is 281 Å². The van der Waals surface area contributed by atoms with Gasteiger partial charge in [0.1, 0.15) is 74.0 Å². The van der Waals surface area contributed by atoms with Crippen LogP contribution in [0, 0.1) is 52.4 Å². The summed E-state index contributed by atoms with van der Waals surface area (Å²) < 4.78 is 369. The zero-order chi connectivity index (χ0) is 109. The van der Waals surface area contributed by atoms with Crippen LogP contribution in [-0.2, 0) is 93.2 Å². The van der Waals surface area contributed by atoms with Crippen LogP contribution < -0.4 is 8.37 Å². The summed E-state index contributed by atoms with van der Waals surface area (Å²) in [5.41, 5.74) is -1.49. The van der Waals surface area contributed by atoms with Crippen molar-refractivity contribution < 1.29 is 138 Å². The van der Waals surface area contributed by atoms with Gasteiger partial charge in [-0.05, 0) is 322 Å². The third kappa shape index (κ3) is 31.7. The van der Waals surface area contributed by atoms with E-state index in [1.54, 1.807) is 177 Å². The Bertz CT molecular complexity index is 6350. The Hall–Kier alpha value is -10.3. The Labute approximate surface area is 839 Å². The van der Waals surface area contributed by atoms with Crippen molar-refractivity contribution in [2.75, 3.05) is 0 Å². The first-order chi connectivity index (χ1) is 66.5. The zero-order valence-electron chi connectivity index (χ0n) is 80.7. The normalized spacial score (nSPS) is 12.4. The van der Waals surface area contributed by atoms with Crippen LogP contribution in [0.2, 0.25) is 0 Å². The predicted octanol–water partition coefficient (Wildman–Crippen LogP) is 28.6. The van der Waals surface area contributed by atoms with E-state index in [9.17, 15) is 125 Å². The van der Waals surface area contributed by atoms with E-state index in [0.717, 1.165) is 59.3 Å². The molecule has 17 nitrogen and oxygen atoms in total. The van der Waals surface area contributed by atoms with Crippen LogP contribution in [0.3, 0.4) is 0 Å². The van der Waals surface area contributed by atoms with Crippen molar-refractivity contribution >= 4 is 93.2 Å². The van der Waals surface area contributed by atoms with E-state index in [0.29, 0.717) is 33.7 Å². The summed E-state index contributed by atoms with van der Waals surface area (Å²) in [5, 5.41) is 0. The van der Waals surface area contributed by atoms with Gasteiger partial charge in [-0.15, -0.1) is 0 Å². The molecule has 144 heavy (non-hydrogen) atoms. The maximum atomic E-state index is 14.4. The molecule has 0 bridgehead atoms. The molecule has 0 saturated heterocycles. The zero-order valence-corrected chi connectivity index (χ0v) is 88.0. The van der Waals surface area contributed by atoms with Crippen LogP contribution in [-0.4, -0.2) is 74.3 Å². The van der Waals surface area contributed by atoms with E-state index in [1.807, 2.05) is 67.5 Å². The minimum absolute atomic E-state index is 0.00919. The minimum atomic E-state index is -7.10. The minimum Gasteiger partial charge on any atom is -0.744 e. The summed E-state index contributed by atoms with van der Waals surface area (Å²) in [5.74, 6) is -5.02. The molecule has 780 valence electrons. The maximum absolute atomic E-state index is 14.4. The third-order valence-corrected chi connectivity index (χ3v) is 36.4. The predicted molar refractivity (Wildman–Crippen MR) is 526 cm³/mol. The molecule has 0 radical (unpaired) electrons. The number of alkyl halides is 7. The lowest BCUT2D eigenvalue weighted by atomic mass is 9.88. The van der Waals surface area contributed by atoms with Crippen LogP contribution in [0.1, 0.15) is 228 Å². The summed E-state index contributed by atoms with van der Waals surface area (Å²) in [6.45, 7) is 32.5. The molecular formula is C102H106F16NO16S9+. The highest BCUT2D eigenvalue weighted by molar-refractivity contribution is 8.18. The number of sulfonamides is 2. The van der Waals surface area contributed by atoms with Crippen molar-refractivity contribution in [1.29, 1.82) is 0 Å². The standard InChI is InChI=1S/3C18H12F3S.C17H23F5NO7S3.C16H24F2O6S2.C15H24O3S/c3*19-13-1-7-16(8-2-13)22(17-9-3-14(20)4-10-17)18-11-5-15(21)6-12-18;1-9(2)12-7-13(10(3)4)15(14(8-12)11(5)6)30-33(28,29)17(21,22)32(26,27)23-31(24,25)16(18,19)20;1-9(2)12-7-13(10(3)4)15(14(8-12)11(5)6)24-26(22,23)16(17,18)25(19,20)21;1-9(2)12-7-13(10(3)4)15(19(16,17)18)14(8-12)11(5)6/h3*1-12H;7-11H,1-6H3;7-11H,1-6H3,(H,19,20,21);7-11H,1-6H3,(H,16,17,18)/q3*+1;-1;;/p-1. The van der Waals surface area contributed by atoms with E-state index in [-0.39, 0.29) is 110 Å². The maximum Gasteiger partial charge on any atom is 0.506 e. The van der Waals surface area contributed by atoms with Crippen LogP contribution in [0.25, 0.3) is 4.13 Å². The van der Waals surface area contributed by atoms with E-state index in [1.165, 1.54) is 121 Å². The van der Waals surface area contributed by atoms with E-state index >= 15 is 0 Å². The molecule has 0 aliphatic carbocycles. The van der Waals surface area contributed by atoms with E-state index < -0.39 is 125 Å². The lowest BCUT2D eigenvalue weighted by molar-refractivity contribution is -0.0425. The highest BCUT2D eigenvalue weighted by Gasteiger charge is 2.61. The van der Waals surface area contributed by atoms with Gasteiger partial charge in [-0.2, -0.15) is 56.0 Å². The van der Waals surface area contributed by atoms with E-state index in [4.69, 9.17) is 4.55 Å². The van der Waals surface area contributed by atoms with Crippen LogP contribution in [0.4, 0.5) is 70.2 Å². The Morgan fingerprint density at radius 1 is 0.257 bits per heavy atom. The van der Waals surface area contributed by atoms with Gasteiger partial charge < -0.3 is 17.0 Å². The number of nitrogens with zero attached hydrogens (tertiary/aromatic N) is 1. The fourth-order valence-electron chi connectivity index (χ4n) is 13.3. The molecule has 0 aliphatic rings. The van der Waals surface area contributed by atoms with Gasteiger partial charge in [-0.3, -0.25) is 4.55 Å². The molecule has 0 spiro atoms. The molecule has 0 aromatic heterocycles. The molecule has 0 heterocycles. The van der Waals surface area contributed by atoms with Gasteiger partial charge in [0, 0.05) is 0 Å². The summed E-state index contributed by atoms with van der Waals surface area (Å²) in [4.78, 5) is 7.98. The number of hydrogen-bond donors (Lipinski definition) is 1. The number of benzene rings is 12. The quantitative estimate of drug-likeness (QED) is 0.0197. The molecular weight excluding hydrogens is 2090 g/mol. The second-order valence-electron chi connectivity index (χ2n) is 34.9. The summed E-state index contributed by atoms with van der Waals surface area (Å²) >= 11 is 0. The molecule has 0 fully saturated rings. The number of rotatable bonds is 29. The first-order valence-electron chi connectivity index (χ1n) is 43.9. The Morgan fingerprint density at radius 2 is 0.417 bits per heavy atom. The Balaban J connectivity index is 0.000000236. The molecule has 12 aromatic rings. The smallest absolute Gasteiger partial charge is 0.506 e. The molecule has 0 aliphatic heterocycles. The number of halogens is 16.